The Bertz CT molecular complexity index is 644. The smallest absolute Gasteiger partial charge is 0.335 e. The van der Waals surface area contributed by atoms with Crippen molar-refractivity contribution in [3.8, 4) is 28.4 Å². The van der Waals surface area contributed by atoms with E-state index < -0.39 is 5.97 Å². The van der Waals surface area contributed by atoms with Gasteiger partial charge in [0.25, 0.3) is 0 Å². The van der Waals surface area contributed by atoms with Crippen LogP contribution in [0.5, 0.6) is 17.2 Å². The Kier molecular flexibility index (Phi) is 4.61. The maximum Gasteiger partial charge on any atom is 0.335 e. The number of carbonyl (C=O) groups is 1. The molecule has 0 N–H and O–H groups in total. The van der Waals surface area contributed by atoms with Crippen LogP contribution in [-0.2, 0) is 4.79 Å². The molecule has 0 aliphatic rings. The average Bonchev–Trinajstić information content (AvgIpc) is 2.54. The van der Waals surface area contributed by atoms with E-state index in [-0.39, 0.29) is 0 Å². The fraction of sp³-hybridized carbons (Fsp3) is 0.118. The van der Waals surface area contributed by atoms with E-state index in [1.165, 1.54) is 0 Å². The molecule has 0 aliphatic heterocycles. The zero-order valence-electron chi connectivity index (χ0n) is 12.0. The minimum absolute atomic E-state index is 0.469. The van der Waals surface area contributed by atoms with Crippen molar-refractivity contribution >= 4 is 5.97 Å². The van der Waals surface area contributed by atoms with Crippen LogP contribution >= 0.6 is 0 Å². The van der Waals surface area contributed by atoms with E-state index in [2.05, 4.69) is 6.58 Å². The molecule has 0 saturated heterocycles. The van der Waals surface area contributed by atoms with Gasteiger partial charge in [-0.2, -0.15) is 0 Å². The fourth-order valence-corrected chi connectivity index (χ4v) is 1.90. The monoisotopic (exact) mass is 284 g/mol. The molecule has 108 valence electrons. The van der Waals surface area contributed by atoms with Crippen LogP contribution in [0.1, 0.15) is 0 Å². The molecule has 0 aliphatic carbocycles. The van der Waals surface area contributed by atoms with E-state index in [9.17, 15) is 4.79 Å². The summed E-state index contributed by atoms with van der Waals surface area (Å²) in [4.78, 5) is 11.1. The molecule has 0 heterocycles. The van der Waals surface area contributed by atoms with Crippen LogP contribution < -0.4 is 14.2 Å². The van der Waals surface area contributed by atoms with E-state index >= 15 is 0 Å². The first-order valence-corrected chi connectivity index (χ1v) is 6.34. The summed E-state index contributed by atoms with van der Waals surface area (Å²) >= 11 is 0. The van der Waals surface area contributed by atoms with E-state index in [1.54, 1.807) is 26.4 Å². The Morgan fingerprint density at radius 3 is 2.24 bits per heavy atom. The highest BCUT2D eigenvalue weighted by molar-refractivity contribution is 5.83. The molecule has 21 heavy (non-hydrogen) atoms. The van der Waals surface area contributed by atoms with E-state index in [0.717, 1.165) is 23.0 Å². The van der Waals surface area contributed by atoms with Crippen molar-refractivity contribution in [3.05, 3.63) is 55.1 Å². The van der Waals surface area contributed by atoms with Gasteiger partial charge in [-0.1, -0.05) is 18.7 Å². The number of carbonyl (C=O) groups excluding carboxylic acids is 1. The third kappa shape index (κ3) is 3.42. The van der Waals surface area contributed by atoms with Crippen molar-refractivity contribution in [1.29, 1.82) is 0 Å². The van der Waals surface area contributed by atoms with Gasteiger partial charge in [-0.3, -0.25) is 0 Å². The van der Waals surface area contributed by atoms with Crippen LogP contribution in [0.3, 0.4) is 0 Å². The van der Waals surface area contributed by atoms with Gasteiger partial charge in [-0.25, -0.2) is 4.79 Å². The molecule has 2 aromatic rings. The first kappa shape index (κ1) is 14.7. The van der Waals surface area contributed by atoms with Gasteiger partial charge in [0.05, 0.1) is 14.2 Å². The number of esters is 1. The maximum absolute atomic E-state index is 11.1. The predicted octanol–water partition coefficient (Wildman–Crippen LogP) is 3.46. The van der Waals surface area contributed by atoms with E-state index in [0.29, 0.717) is 11.5 Å². The molecule has 0 amide bonds. The van der Waals surface area contributed by atoms with Crippen LogP contribution in [-0.4, -0.2) is 20.2 Å². The summed E-state index contributed by atoms with van der Waals surface area (Å²) in [5.41, 5.74) is 1.88. The third-order valence-electron chi connectivity index (χ3n) is 2.96. The van der Waals surface area contributed by atoms with Gasteiger partial charge in [-0.15, -0.1) is 0 Å². The molecule has 0 fully saturated rings. The molecule has 4 heteroatoms. The molecule has 0 unspecified atom stereocenters. The van der Waals surface area contributed by atoms with E-state index in [1.807, 2.05) is 30.3 Å². The van der Waals surface area contributed by atoms with Gasteiger partial charge in [0.2, 0.25) is 0 Å². The lowest BCUT2D eigenvalue weighted by Crippen LogP contribution is -2.02. The Hall–Kier alpha value is -2.75. The topological polar surface area (TPSA) is 44.8 Å². The van der Waals surface area contributed by atoms with Crippen molar-refractivity contribution in [1.82, 2.24) is 0 Å². The number of benzene rings is 2. The van der Waals surface area contributed by atoms with Gasteiger partial charge < -0.3 is 14.2 Å². The van der Waals surface area contributed by atoms with Crippen LogP contribution in [0.25, 0.3) is 11.1 Å². The quantitative estimate of drug-likeness (QED) is 0.479. The summed E-state index contributed by atoms with van der Waals surface area (Å²) < 4.78 is 15.6. The molecular weight excluding hydrogens is 268 g/mol. The van der Waals surface area contributed by atoms with Crippen LogP contribution in [0.2, 0.25) is 0 Å². The Labute approximate surface area is 123 Å². The summed E-state index contributed by atoms with van der Waals surface area (Å²) in [6.45, 7) is 3.36. The third-order valence-corrected chi connectivity index (χ3v) is 2.96. The van der Waals surface area contributed by atoms with E-state index in [4.69, 9.17) is 14.2 Å². The highest BCUT2D eigenvalue weighted by atomic mass is 16.5. The Balaban J connectivity index is 2.30. The average molecular weight is 284 g/mol. The number of methoxy groups -OCH3 is 2. The van der Waals surface area contributed by atoms with Crippen LogP contribution in [0, 0.1) is 0 Å². The van der Waals surface area contributed by atoms with Gasteiger partial charge in [0.1, 0.15) is 17.2 Å². The molecule has 0 aromatic heterocycles. The molecule has 0 radical (unpaired) electrons. The number of ether oxygens (including phenoxy) is 3. The molecule has 4 nitrogen and oxygen atoms in total. The summed E-state index contributed by atoms with van der Waals surface area (Å²) in [5.74, 6) is 1.43. The molecule has 0 bridgehead atoms. The minimum atomic E-state index is -0.482. The fourth-order valence-electron chi connectivity index (χ4n) is 1.90. The summed E-state index contributed by atoms with van der Waals surface area (Å²) in [7, 11) is 3.22. The molecule has 2 aromatic carbocycles. The number of rotatable bonds is 5. The Morgan fingerprint density at radius 2 is 1.67 bits per heavy atom. The lowest BCUT2D eigenvalue weighted by Gasteiger charge is -2.11. The zero-order valence-corrected chi connectivity index (χ0v) is 12.0. The van der Waals surface area contributed by atoms with Gasteiger partial charge >= 0.3 is 5.97 Å². The standard InChI is InChI=1S/C17H16O4/c1-4-17(18)21-13-7-5-12(6-8-13)15-10-9-14(19-2)11-16(15)20-3/h4-11H,1H2,2-3H3. The second-order valence-electron chi connectivity index (χ2n) is 4.22. The first-order chi connectivity index (χ1) is 10.2. The second kappa shape index (κ2) is 6.61. The first-order valence-electron chi connectivity index (χ1n) is 6.34. The van der Waals surface area contributed by atoms with Crippen molar-refractivity contribution in [2.45, 2.75) is 0 Å². The number of hydrogen-bond donors (Lipinski definition) is 0. The Morgan fingerprint density at radius 1 is 1.00 bits per heavy atom. The molecule has 0 saturated carbocycles. The van der Waals surface area contributed by atoms with Gasteiger partial charge in [-0.05, 0) is 29.8 Å². The number of hydrogen-bond acceptors (Lipinski definition) is 4. The highest BCUT2D eigenvalue weighted by Gasteiger charge is 2.08. The molecule has 0 atom stereocenters. The molecule has 2 rings (SSSR count). The summed E-state index contributed by atoms with van der Waals surface area (Å²) in [5, 5.41) is 0. The largest absolute Gasteiger partial charge is 0.497 e. The summed E-state index contributed by atoms with van der Waals surface area (Å²) in [6.07, 6.45) is 1.13. The van der Waals surface area contributed by atoms with Gasteiger partial charge in [0.15, 0.2) is 0 Å². The minimum Gasteiger partial charge on any atom is -0.497 e. The van der Waals surface area contributed by atoms with Crippen molar-refractivity contribution in [2.24, 2.45) is 0 Å². The van der Waals surface area contributed by atoms with Crippen molar-refractivity contribution < 1.29 is 19.0 Å². The van der Waals surface area contributed by atoms with Crippen molar-refractivity contribution in [3.63, 3.8) is 0 Å². The second-order valence-corrected chi connectivity index (χ2v) is 4.22. The van der Waals surface area contributed by atoms with Crippen LogP contribution in [0.4, 0.5) is 0 Å². The SMILES string of the molecule is C=CC(=O)Oc1ccc(-c2ccc(OC)cc2OC)cc1. The van der Waals surface area contributed by atoms with Crippen LogP contribution in [0.15, 0.2) is 55.1 Å². The normalized spacial score (nSPS) is 9.81. The molecule has 0 spiro atoms. The van der Waals surface area contributed by atoms with Crippen molar-refractivity contribution in [2.75, 3.05) is 14.2 Å². The molecular formula is C17H16O4. The maximum atomic E-state index is 11.1. The zero-order chi connectivity index (χ0) is 15.2. The predicted molar refractivity (Wildman–Crippen MR) is 80.8 cm³/mol. The summed E-state index contributed by atoms with van der Waals surface area (Å²) in [6, 6.07) is 12.8. The van der Waals surface area contributed by atoms with Gasteiger partial charge in [0, 0.05) is 17.7 Å². The highest BCUT2D eigenvalue weighted by Crippen LogP contribution is 2.33. The lowest BCUT2D eigenvalue weighted by atomic mass is 10.0. The lowest BCUT2D eigenvalue weighted by molar-refractivity contribution is -0.128.